The molecule has 0 fully saturated rings. The van der Waals surface area contributed by atoms with Crippen LogP contribution in [0.1, 0.15) is 6.42 Å². The van der Waals surface area contributed by atoms with Crippen LogP contribution in [0.25, 0.3) is 0 Å². The Morgan fingerprint density at radius 2 is 2.67 bits per heavy atom. The molecule has 3 heteroatoms. The van der Waals surface area contributed by atoms with Gasteiger partial charge in [-0.2, -0.15) is 0 Å². The first kappa shape index (κ1) is 6.29. The molecule has 0 aliphatic carbocycles. The minimum atomic E-state index is -0.411. The van der Waals surface area contributed by atoms with Gasteiger partial charge in [0.1, 0.15) is 6.10 Å². The van der Waals surface area contributed by atoms with Gasteiger partial charge in [-0.05, 0) is 6.08 Å². The molecule has 0 amide bonds. The number of esters is 1. The second kappa shape index (κ2) is 2.64. The van der Waals surface area contributed by atoms with Crippen molar-refractivity contribution >= 4 is 5.97 Å². The van der Waals surface area contributed by atoms with Gasteiger partial charge in [-0.1, -0.05) is 6.08 Å². The molecular weight excluding hydrogens is 120 g/mol. The van der Waals surface area contributed by atoms with Crippen LogP contribution >= 0.6 is 0 Å². The lowest BCUT2D eigenvalue weighted by atomic mass is 10.2. The topological polar surface area (TPSA) is 46.5 Å². The first-order valence-electron chi connectivity index (χ1n) is 2.80. The third kappa shape index (κ3) is 1.54. The molecule has 0 aromatic carbocycles. The summed E-state index contributed by atoms with van der Waals surface area (Å²) >= 11 is 0. The molecule has 0 aromatic rings. The average molecular weight is 128 g/mol. The summed E-state index contributed by atoms with van der Waals surface area (Å²) in [5.74, 6) is -0.267. The van der Waals surface area contributed by atoms with Gasteiger partial charge in [-0.25, -0.2) is 0 Å². The van der Waals surface area contributed by atoms with E-state index in [1.807, 2.05) is 0 Å². The normalized spacial score (nSPS) is 25.9. The van der Waals surface area contributed by atoms with Gasteiger partial charge < -0.3 is 9.84 Å². The van der Waals surface area contributed by atoms with Crippen molar-refractivity contribution in [3.05, 3.63) is 12.2 Å². The Hall–Kier alpha value is -0.830. The zero-order valence-electron chi connectivity index (χ0n) is 4.91. The van der Waals surface area contributed by atoms with E-state index in [1.54, 1.807) is 12.2 Å². The Labute approximate surface area is 52.9 Å². The zero-order chi connectivity index (χ0) is 6.69. The van der Waals surface area contributed by atoms with Crippen LogP contribution in [0.3, 0.4) is 0 Å². The molecule has 0 spiro atoms. The Morgan fingerprint density at radius 3 is 3.11 bits per heavy atom. The van der Waals surface area contributed by atoms with Gasteiger partial charge in [-0.15, -0.1) is 0 Å². The highest BCUT2D eigenvalue weighted by molar-refractivity contribution is 5.72. The minimum absolute atomic E-state index is 0.123. The van der Waals surface area contributed by atoms with Crippen LogP contribution in [-0.2, 0) is 9.53 Å². The largest absolute Gasteiger partial charge is 0.455 e. The quantitative estimate of drug-likeness (QED) is 0.394. The molecule has 1 atom stereocenters. The highest BCUT2D eigenvalue weighted by atomic mass is 16.6. The molecule has 1 N–H and O–H groups in total. The third-order valence-corrected chi connectivity index (χ3v) is 1.10. The third-order valence-electron chi connectivity index (χ3n) is 1.10. The van der Waals surface area contributed by atoms with Crippen LogP contribution in [0.15, 0.2) is 12.2 Å². The van der Waals surface area contributed by atoms with Gasteiger partial charge >= 0.3 is 5.97 Å². The fraction of sp³-hybridized carbons (Fsp3) is 0.500. The molecule has 3 nitrogen and oxygen atoms in total. The molecule has 0 bridgehead atoms. The number of hydrogen-bond acceptors (Lipinski definition) is 3. The van der Waals surface area contributed by atoms with Crippen molar-refractivity contribution in [1.82, 2.24) is 0 Å². The summed E-state index contributed by atoms with van der Waals surface area (Å²) in [6, 6.07) is 0. The van der Waals surface area contributed by atoms with Crippen LogP contribution in [0.2, 0.25) is 0 Å². The molecule has 50 valence electrons. The van der Waals surface area contributed by atoms with E-state index in [0.717, 1.165) is 0 Å². The Kier molecular flexibility index (Phi) is 1.85. The summed E-state index contributed by atoms with van der Waals surface area (Å²) in [6.07, 6.45) is 3.30. The van der Waals surface area contributed by atoms with E-state index >= 15 is 0 Å². The second-order valence-corrected chi connectivity index (χ2v) is 1.84. The van der Waals surface area contributed by atoms with Crippen molar-refractivity contribution in [3.63, 3.8) is 0 Å². The summed E-state index contributed by atoms with van der Waals surface area (Å²) in [5.41, 5.74) is 0. The van der Waals surface area contributed by atoms with Crippen LogP contribution in [-0.4, -0.2) is 23.8 Å². The average Bonchev–Trinajstić information content (AvgIpc) is 1.88. The highest BCUT2D eigenvalue weighted by Crippen LogP contribution is 2.04. The molecule has 0 radical (unpaired) electrons. The predicted molar refractivity (Wildman–Crippen MR) is 30.7 cm³/mol. The summed E-state index contributed by atoms with van der Waals surface area (Å²) < 4.78 is 4.66. The first-order valence-corrected chi connectivity index (χ1v) is 2.80. The van der Waals surface area contributed by atoms with Crippen LogP contribution in [0.4, 0.5) is 0 Å². The van der Waals surface area contributed by atoms with E-state index in [9.17, 15) is 4.79 Å². The van der Waals surface area contributed by atoms with E-state index in [4.69, 9.17) is 5.11 Å². The molecule has 0 saturated heterocycles. The Bertz CT molecular complexity index is 139. The van der Waals surface area contributed by atoms with E-state index < -0.39 is 6.10 Å². The van der Waals surface area contributed by atoms with Crippen molar-refractivity contribution in [1.29, 1.82) is 0 Å². The molecule has 1 rings (SSSR count). The number of carbonyl (C=O) groups is 1. The maximum Gasteiger partial charge on any atom is 0.310 e. The molecule has 0 unspecified atom stereocenters. The van der Waals surface area contributed by atoms with Gasteiger partial charge in [0.25, 0.3) is 0 Å². The standard InChI is InChI=1S/C6H8O3/c7-4-5-2-1-3-6(8)9-5/h1-2,5,7H,3-4H2/t5-/m0/s1. The van der Waals surface area contributed by atoms with E-state index in [2.05, 4.69) is 4.74 Å². The molecule has 1 aliphatic rings. The van der Waals surface area contributed by atoms with E-state index in [-0.39, 0.29) is 12.6 Å². The van der Waals surface area contributed by atoms with E-state index in [0.29, 0.717) is 6.42 Å². The number of hydrogen-bond donors (Lipinski definition) is 1. The van der Waals surface area contributed by atoms with Crippen molar-refractivity contribution in [2.75, 3.05) is 6.61 Å². The van der Waals surface area contributed by atoms with Gasteiger partial charge in [0, 0.05) is 0 Å². The lowest BCUT2D eigenvalue weighted by molar-refractivity contribution is -0.148. The molecule has 1 heterocycles. The number of carbonyl (C=O) groups excluding carboxylic acids is 1. The molecule has 0 saturated carbocycles. The highest BCUT2D eigenvalue weighted by Gasteiger charge is 2.12. The minimum Gasteiger partial charge on any atom is -0.455 e. The van der Waals surface area contributed by atoms with Gasteiger partial charge in [0.15, 0.2) is 0 Å². The number of rotatable bonds is 1. The first-order chi connectivity index (χ1) is 4.33. The summed E-state index contributed by atoms with van der Waals surface area (Å²) in [5, 5.41) is 8.48. The maximum absolute atomic E-state index is 10.4. The Morgan fingerprint density at radius 1 is 1.89 bits per heavy atom. The molecular formula is C6H8O3. The lowest BCUT2D eigenvalue weighted by Gasteiger charge is -2.13. The van der Waals surface area contributed by atoms with Gasteiger partial charge in [0.05, 0.1) is 13.0 Å². The monoisotopic (exact) mass is 128 g/mol. The molecule has 9 heavy (non-hydrogen) atoms. The van der Waals surface area contributed by atoms with Gasteiger partial charge in [0.2, 0.25) is 0 Å². The molecule has 0 aromatic heterocycles. The van der Waals surface area contributed by atoms with Crippen LogP contribution in [0.5, 0.6) is 0 Å². The predicted octanol–water partition coefficient (Wildman–Crippen LogP) is -0.150. The fourth-order valence-electron chi connectivity index (χ4n) is 0.670. The lowest BCUT2D eigenvalue weighted by Crippen LogP contribution is -2.22. The van der Waals surface area contributed by atoms with Crippen molar-refractivity contribution in [2.45, 2.75) is 12.5 Å². The van der Waals surface area contributed by atoms with Crippen molar-refractivity contribution in [3.8, 4) is 0 Å². The van der Waals surface area contributed by atoms with Crippen LogP contribution < -0.4 is 0 Å². The Balaban J connectivity index is 2.49. The summed E-state index contributed by atoms with van der Waals surface area (Å²) in [7, 11) is 0. The summed E-state index contributed by atoms with van der Waals surface area (Å²) in [4.78, 5) is 10.4. The maximum atomic E-state index is 10.4. The fourth-order valence-corrected chi connectivity index (χ4v) is 0.670. The molecule has 1 aliphatic heterocycles. The summed E-state index contributed by atoms with van der Waals surface area (Å²) in [6.45, 7) is -0.123. The SMILES string of the molecule is O=C1CC=C[C@@H](CO)O1. The van der Waals surface area contributed by atoms with Crippen LogP contribution in [0, 0.1) is 0 Å². The number of aliphatic hydroxyl groups excluding tert-OH is 1. The number of cyclic esters (lactones) is 1. The number of aliphatic hydroxyl groups is 1. The van der Waals surface area contributed by atoms with E-state index in [1.165, 1.54) is 0 Å². The zero-order valence-corrected chi connectivity index (χ0v) is 4.91. The number of ether oxygens (including phenoxy) is 1. The van der Waals surface area contributed by atoms with Crippen molar-refractivity contribution in [2.24, 2.45) is 0 Å². The van der Waals surface area contributed by atoms with Gasteiger partial charge in [-0.3, -0.25) is 4.79 Å². The van der Waals surface area contributed by atoms with Crippen molar-refractivity contribution < 1.29 is 14.6 Å². The smallest absolute Gasteiger partial charge is 0.310 e. The second-order valence-electron chi connectivity index (χ2n) is 1.84.